The third-order valence-corrected chi connectivity index (χ3v) is 3.45. The molecule has 1 aromatic rings. The average molecular weight is 232 g/mol. The van der Waals surface area contributed by atoms with Gasteiger partial charge in [-0.3, -0.25) is 4.90 Å². The van der Waals surface area contributed by atoms with Crippen molar-refractivity contribution in [1.29, 1.82) is 0 Å². The first-order valence-electron chi connectivity index (χ1n) is 6.84. The van der Waals surface area contributed by atoms with Gasteiger partial charge in [0.2, 0.25) is 0 Å². The molecule has 2 heteroatoms. The minimum Gasteiger partial charge on any atom is -0.399 e. The molecule has 1 fully saturated rings. The zero-order valence-electron chi connectivity index (χ0n) is 10.9. The number of benzene rings is 1. The van der Waals surface area contributed by atoms with Gasteiger partial charge < -0.3 is 5.73 Å². The number of hydrogen-bond donors (Lipinski definition) is 1. The van der Waals surface area contributed by atoms with Gasteiger partial charge in [0.15, 0.2) is 0 Å². The molecule has 0 atom stereocenters. The van der Waals surface area contributed by atoms with E-state index in [1.54, 1.807) is 0 Å². The number of hydrogen-bond acceptors (Lipinski definition) is 2. The fourth-order valence-corrected chi connectivity index (χ4v) is 2.31. The van der Waals surface area contributed by atoms with Crippen LogP contribution < -0.4 is 5.73 Å². The first-order chi connectivity index (χ1) is 8.28. The van der Waals surface area contributed by atoms with E-state index in [0.717, 1.165) is 18.2 Å². The average Bonchev–Trinajstić information content (AvgIpc) is 3.10. The minimum absolute atomic E-state index is 0.876. The molecule has 0 aliphatic heterocycles. The first-order valence-corrected chi connectivity index (χ1v) is 6.84. The Hall–Kier alpha value is -1.02. The highest BCUT2D eigenvalue weighted by Gasteiger charge is 2.21. The van der Waals surface area contributed by atoms with Crippen molar-refractivity contribution < 1.29 is 0 Å². The summed E-state index contributed by atoms with van der Waals surface area (Å²) in [6.45, 7) is 5.74. The maximum absolute atomic E-state index is 5.82. The molecule has 2 nitrogen and oxygen atoms in total. The number of anilines is 1. The molecule has 0 saturated heterocycles. The fraction of sp³-hybridized carbons (Fsp3) is 0.600. The third kappa shape index (κ3) is 4.39. The highest BCUT2D eigenvalue weighted by Crippen LogP contribution is 2.32. The van der Waals surface area contributed by atoms with E-state index in [0.29, 0.717) is 0 Å². The molecule has 0 spiro atoms. The van der Waals surface area contributed by atoms with Crippen molar-refractivity contribution >= 4 is 5.69 Å². The van der Waals surface area contributed by atoms with Gasteiger partial charge in [0.05, 0.1) is 0 Å². The zero-order chi connectivity index (χ0) is 12.1. The van der Waals surface area contributed by atoms with Crippen LogP contribution in [-0.2, 0) is 6.54 Å². The zero-order valence-corrected chi connectivity index (χ0v) is 10.9. The van der Waals surface area contributed by atoms with Gasteiger partial charge in [-0.25, -0.2) is 0 Å². The van der Waals surface area contributed by atoms with E-state index in [1.165, 1.54) is 44.3 Å². The van der Waals surface area contributed by atoms with Crippen molar-refractivity contribution in [3.8, 4) is 0 Å². The molecule has 1 aliphatic rings. The van der Waals surface area contributed by atoms with Gasteiger partial charge in [0, 0.05) is 12.2 Å². The van der Waals surface area contributed by atoms with Gasteiger partial charge in [0.1, 0.15) is 0 Å². The molecular weight excluding hydrogens is 208 g/mol. The van der Waals surface area contributed by atoms with E-state index >= 15 is 0 Å². The van der Waals surface area contributed by atoms with Gasteiger partial charge in [-0.1, -0.05) is 31.9 Å². The van der Waals surface area contributed by atoms with Crippen LogP contribution in [0.15, 0.2) is 24.3 Å². The SMILES string of the molecule is CCCN(CCC1CC1)Cc1cccc(N)c1. The predicted molar refractivity (Wildman–Crippen MR) is 73.8 cm³/mol. The number of nitrogens with two attached hydrogens (primary N) is 1. The second-order valence-electron chi connectivity index (χ2n) is 5.25. The molecule has 0 aromatic heterocycles. The van der Waals surface area contributed by atoms with Crippen LogP contribution in [-0.4, -0.2) is 18.0 Å². The lowest BCUT2D eigenvalue weighted by Gasteiger charge is -2.21. The summed E-state index contributed by atoms with van der Waals surface area (Å²) in [5.41, 5.74) is 8.04. The Kier molecular flexibility index (Phi) is 4.43. The third-order valence-electron chi connectivity index (χ3n) is 3.45. The lowest BCUT2D eigenvalue weighted by atomic mass is 10.1. The van der Waals surface area contributed by atoms with E-state index in [1.807, 2.05) is 6.07 Å². The quantitative estimate of drug-likeness (QED) is 0.731. The molecule has 0 bridgehead atoms. The van der Waals surface area contributed by atoms with Crippen molar-refractivity contribution in [1.82, 2.24) is 4.90 Å². The molecule has 0 radical (unpaired) electrons. The second-order valence-corrected chi connectivity index (χ2v) is 5.25. The normalized spacial score (nSPS) is 15.4. The van der Waals surface area contributed by atoms with Crippen LogP contribution in [0.25, 0.3) is 0 Å². The van der Waals surface area contributed by atoms with Crippen LogP contribution in [0.3, 0.4) is 0 Å². The van der Waals surface area contributed by atoms with Crippen LogP contribution >= 0.6 is 0 Å². The molecular formula is C15H24N2. The van der Waals surface area contributed by atoms with Gasteiger partial charge in [0.25, 0.3) is 0 Å². The molecule has 0 unspecified atom stereocenters. The topological polar surface area (TPSA) is 29.3 Å². The van der Waals surface area contributed by atoms with E-state index < -0.39 is 0 Å². The minimum atomic E-state index is 0.876. The highest BCUT2D eigenvalue weighted by atomic mass is 15.1. The molecule has 1 saturated carbocycles. The summed E-state index contributed by atoms with van der Waals surface area (Å²) < 4.78 is 0. The molecule has 1 aliphatic carbocycles. The van der Waals surface area contributed by atoms with Crippen LogP contribution in [0.5, 0.6) is 0 Å². The van der Waals surface area contributed by atoms with Crippen molar-refractivity contribution in [2.45, 2.75) is 39.2 Å². The number of rotatable bonds is 7. The summed E-state index contributed by atoms with van der Waals surface area (Å²) >= 11 is 0. The highest BCUT2D eigenvalue weighted by molar-refractivity contribution is 5.40. The van der Waals surface area contributed by atoms with Gasteiger partial charge in [-0.15, -0.1) is 0 Å². The maximum atomic E-state index is 5.82. The Balaban J connectivity index is 1.86. The summed E-state index contributed by atoms with van der Waals surface area (Å²) in [6.07, 6.45) is 5.52. The fourth-order valence-electron chi connectivity index (χ4n) is 2.31. The number of nitrogens with zero attached hydrogens (tertiary/aromatic N) is 1. The molecule has 2 N–H and O–H groups in total. The molecule has 17 heavy (non-hydrogen) atoms. The van der Waals surface area contributed by atoms with Crippen LogP contribution in [0.2, 0.25) is 0 Å². The summed E-state index contributed by atoms with van der Waals surface area (Å²) in [5.74, 6) is 1.02. The van der Waals surface area contributed by atoms with Gasteiger partial charge >= 0.3 is 0 Å². The molecule has 94 valence electrons. The van der Waals surface area contributed by atoms with Gasteiger partial charge in [-0.05, 0) is 49.5 Å². The summed E-state index contributed by atoms with van der Waals surface area (Å²) in [7, 11) is 0. The summed E-state index contributed by atoms with van der Waals surface area (Å²) in [6, 6.07) is 8.28. The predicted octanol–water partition coefficient (Wildman–Crippen LogP) is 3.28. The standard InChI is InChI=1S/C15H24N2/c1-2-9-17(10-8-13-6-7-13)12-14-4-3-5-15(16)11-14/h3-5,11,13H,2,6-10,12,16H2,1H3. The van der Waals surface area contributed by atoms with E-state index in [2.05, 4.69) is 30.0 Å². The van der Waals surface area contributed by atoms with E-state index in [-0.39, 0.29) is 0 Å². The largest absolute Gasteiger partial charge is 0.399 e. The maximum Gasteiger partial charge on any atom is 0.0317 e. The lowest BCUT2D eigenvalue weighted by molar-refractivity contribution is 0.257. The Bertz CT molecular complexity index is 345. The molecule has 2 rings (SSSR count). The monoisotopic (exact) mass is 232 g/mol. The summed E-state index contributed by atoms with van der Waals surface area (Å²) in [5, 5.41) is 0. The lowest BCUT2D eigenvalue weighted by Crippen LogP contribution is -2.25. The number of nitrogen functional groups attached to an aromatic ring is 1. The Morgan fingerprint density at radius 3 is 2.76 bits per heavy atom. The van der Waals surface area contributed by atoms with Gasteiger partial charge in [-0.2, -0.15) is 0 Å². The molecule has 1 aromatic carbocycles. The Morgan fingerprint density at radius 1 is 1.29 bits per heavy atom. The Labute approximate surface area is 105 Å². The summed E-state index contributed by atoms with van der Waals surface area (Å²) in [4.78, 5) is 2.56. The van der Waals surface area contributed by atoms with Crippen molar-refractivity contribution in [3.05, 3.63) is 29.8 Å². The Morgan fingerprint density at radius 2 is 2.12 bits per heavy atom. The van der Waals surface area contributed by atoms with E-state index in [4.69, 9.17) is 5.73 Å². The van der Waals surface area contributed by atoms with Crippen molar-refractivity contribution in [3.63, 3.8) is 0 Å². The van der Waals surface area contributed by atoms with Crippen LogP contribution in [0, 0.1) is 5.92 Å². The van der Waals surface area contributed by atoms with Crippen LogP contribution in [0.1, 0.15) is 38.2 Å². The van der Waals surface area contributed by atoms with Crippen molar-refractivity contribution in [2.24, 2.45) is 5.92 Å². The van der Waals surface area contributed by atoms with E-state index in [9.17, 15) is 0 Å². The first kappa shape index (κ1) is 12.4. The van der Waals surface area contributed by atoms with Crippen molar-refractivity contribution in [2.75, 3.05) is 18.8 Å². The molecule has 0 amide bonds. The smallest absolute Gasteiger partial charge is 0.0317 e. The van der Waals surface area contributed by atoms with Crippen LogP contribution in [0.4, 0.5) is 5.69 Å². The molecule has 0 heterocycles. The second kappa shape index (κ2) is 6.06.